The number of carbonyl (C=O) groups excluding carboxylic acids is 1. The maximum Gasteiger partial charge on any atom is 0.416 e. The molecule has 0 spiro atoms. The summed E-state index contributed by atoms with van der Waals surface area (Å²) in [5.41, 5.74) is -0.948. The zero-order valence-electron chi connectivity index (χ0n) is 15.9. The number of benzene rings is 2. The van der Waals surface area contributed by atoms with Gasteiger partial charge in [-0.05, 0) is 49.1 Å². The van der Waals surface area contributed by atoms with Crippen molar-refractivity contribution < 1.29 is 35.5 Å². The molecule has 0 atom stereocenters. The van der Waals surface area contributed by atoms with Crippen LogP contribution in [-0.2, 0) is 16.0 Å². The Labute approximate surface area is 171 Å². The van der Waals surface area contributed by atoms with Gasteiger partial charge in [0.05, 0.1) is 22.8 Å². The Morgan fingerprint density at radius 1 is 1.17 bits per heavy atom. The Balaban J connectivity index is 1.58. The minimum atomic E-state index is -4.63. The topological polar surface area (TPSA) is 72.5 Å². The first-order valence-corrected chi connectivity index (χ1v) is 10.6. The van der Waals surface area contributed by atoms with Gasteiger partial charge in [0.2, 0.25) is 0 Å². The van der Waals surface area contributed by atoms with Crippen LogP contribution in [0.15, 0.2) is 47.4 Å². The molecule has 0 saturated heterocycles. The smallest absolute Gasteiger partial charge is 0.416 e. The molecular weight excluding hydrogens is 426 g/mol. The van der Waals surface area contributed by atoms with Crippen LogP contribution in [0, 0.1) is 11.7 Å². The molecule has 1 fully saturated rings. The molecule has 0 unspecified atom stereocenters. The van der Waals surface area contributed by atoms with Crippen LogP contribution < -0.4 is 10.1 Å². The fraction of sp³-hybridized carbons (Fsp3) is 0.350. The lowest BCUT2D eigenvalue weighted by molar-refractivity contribution is -0.137. The summed E-state index contributed by atoms with van der Waals surface area (Å²) in [6.07, 6.45) is -4.20. The van der Waals surface area contributed by atoms with Crippen LogP contribution in [0.1, 0.15) is 28.8 Å². The molecule has 0 aromatic heterocycles. The zero-order valence-corrected chi connectivity index (χ0v) is 16.7. The fourth-order valence-corrected chi connectivity index (χ4v) is 5.28. The summed E-state index contributed by atoms with van der Waals surface area (Å²) in [6, 6.07) is 7.24. The zero-order chi connectivity index (χ0) is 22.1. The molecule has 2 aromatic rings. The summed E-state index contributed by atoms with van der Waals surface area (Å²) in [4.78, 5) is 11.8. The molecule has 0 radical (unpaired) electrons. The molecule has 0 heterocycles. The Bertz CT molecular complexity index is 1050. The average Bonchev–Trinajstić information content (AvgIpc) is 2.65. The molecule has 0 aliphatic heterocycles. The molecule has 2 aromatic carbocycles. The van der Waals surface area contributed by atoms with E-state index >= 15 is 0 Å². The molecule has 30 heavy (non-hydrogen) atoms. The number of halogens is 4. The Hall–Kier alpha value is -2.62. The lowest BCUT2D eigenvalue weighted by atomic mass is 9.85. The SMILES string of the molecule is COc1cc(F)cc(C(=O)NCC2CC(S(=O)(=O)c3cccc(C(F)(F)F)c3)C2)c1. The molecule has 1 amide bonds. The molecule has 3 rings (SSSR count). The molecule has 1 aliphatic rings. The van der Waals surface area contributed by atoms with Gasteiger partial charge in [0.1, 0.15) is 11.6 Å². The first-order chi connectivity index (χ1) is 14.0. The first-order valence-electron chi connectivity index (χ1n) is 9.04. The van der Waals surface area contributed by atoms with Gasteiger partial charge in [0.25, 0.3) is 5.91 Å². The number of carbonyl (C=O) groups is 1. The molecule has 5 nitrogen and oxygen atoms in total. The van der Waals surface area contributed by atoms with Crippen molar-refractivity contribution in [2.24, 2.45) is 5.92 Å². The van der Waals surface area contributed by atoms with Gasteiger partial charge in [-0.15, -0.1) is 0 Å². The van der Waals surface area contributed by atoms with Crippen LogP contribution in [0.5, 0.6) is 5.75 Å². The van der Waals surface area contributed by atoms with Crippen molar-refractivity contribution in [3.05, 3.63) is 59.4 Å². The van der Waals surface area contributed by atoms with Crippen molar-refractivity contribution in [2.75, 3.05) is 13.7 Å². The van der Waals surface area contributed by atoms with Crippen LogP contribution in [-0.4, -0.2) is 33.2 Å². The predicted molar refractivity (Wildman–Crippen MR) is 100 cm³/mol. The normalized spacial score (nSPS) is 19.1. The molecule has 1 aliphatic carbocycles. The second-order valence-corrected chi connectivity index (χ2v) is 9.35. The number of methoxy groups -OCH3 is 1. The van der Waals surface area contributed by atoms with Crippen molar-refractivity contribution in [2.45, 2.75) is 29.2 Å². The van der Waals surface area contributed by atoms with Gasteiger partial charge in [-0.2, -0.15) is 13.2 Å². The third-order valence-corrected chi connectivity index (χ3v) is 7.22. The number of alkyl halides is 3. The first kappa shape index (κ1) is 22.1. The van der Waals surface area contributed by atoms with Crippen LogP contribution >= 0.6 is 0 Å². The Morgan fingerprint density at radius 2 is 1.87 bits per heavy atom. The standard InChI is InChI=1S/C20H19F4NO4S/c1-29-16-8-13(7-15(21)10-16)19(26)25-11-12-5-18(6-12)30(27,28)17-4-2-3-14(9-17)20(22,23)24/h2-4,7-10,12,18H,5-6,11H2,1H3,(H,25,26). The lowest BCUT2D eigenvalue weighted by Gasteiger charge is -2.35. The van der Waals surface area contributed by atoms with Gasteiger partial charge in [-0.3, -0.25) is 4.79 Å². The third kappa shape index (κ3) is 4.75. The molecule has 10 heteroatoms. The van der Waals surface area contributed by atoms with Gasteiger partial charge >= 0.3 is 6.18 Å². The lowest BCUT2D eigenvalue weighted by Crippen LogP contribution is -2.42. The highest BCUT2D eigenvalue weighted by Crippen LogP contribution is 2.37. The van der Waals surface area contributed by atoms with Crippen LogP contribution in [0.3, 0.4) is 0 Å². The van der Waals surface area contributed by atoms with Gasteiger partial charge < -0.3 is 10.1 Å². The maximum absolute atomic E-state index is 13.5. The number of rotatable bonds is 6. The van der Waals surface area contributed by atoms with Crippen LogP contribution in [0.2, 0.25) is 0 Å². The van der Waals surface area contributed by atoms with Crippen LogP contribution in [0.25, 0.3) is 0 Å². The van der Waals surface area contributed by atoms with E-state index in [0.29, 0.717) is 6.07 Å². The highest BCUT2D eigenvalue weighted by Gasteiger charge is 2.40. The maximum atomic E-state index is 13.5. The van der Waals surface area contributed by atoms with Gasteiger partial charge in [-0.1, -0.05) is 6.07 Å². The number of sulfone groups is 1. The van der Waals surface area contributed by atoms with Crippen molar-refractivity contribution in [1.29, 1.82) is 0 Å². The van der Waals surface area contributed by atoms with E-state index in [1.165, 1.54) is 13.2 Å². The van der Waals surface area contributed by atoms with Crippen LogP contribution in [0.4, 0.5) is 17.6 Å². The Kier molecular flexibility index (Phi) is 6.07. The number of nitrogens with one attached hydrogen (secondary N) is 1. The molecular formula is C20H19F4NO4S. The highest BCUT2D eigenvalue weighted by atomic mass is 32.2. The average molecular weight is 445 g/mol. The summed E-state index contributed by atoms with van der Waals surface area (Å²) < 4.78 is 82.1. The van der Waals surface area contributed by atoms with Gasteiger partial charge in [0.15, 0.2) is 9.84 Å². The fourth-order valence-electron chi connectivity index (χ4n) is 3.29. The highest BCUT2D eigenvalue weighted by molar-refractivity contribution is 7.92. The summed E-state index contributed by atoms with van der Waals surface area (Å²) in [7, 11) is -2.56. The van der Waals surface area contributed by atoms with E-state index in [1.807, 2.05) is 0 Å². The quantitative estimate of drug-likeness (QED) is 0.686. The monoisotopic (exact) mass is 445 g/mol. The minimum absolute atomic E-state index is 0.0688. The summed E-state index contributed by atoms with van der Waals surface area (Å²) in [6.45, 7) is 0.173. The Morgan fingerprint density at radius 3 is 2.50 bits per heavy atom. The van der Waals surface area contributed by atoms with Crippen molar-refractivity contribution in [3.63, 3.8) is 0 Å². The van der Waals surface area contributed by atoms with E-state index in [-0.39, 0.29) is 41.5 Å². The molecule has 1 saturated carbocycles. The number of hydrogen-bond donors (Lipinski definition) is 1. The van der Waals surface area contributed by atoms with E-state index in [0.717, 1.165) is 30.3 Å². The largest absolute Gasteiger partial charge is 0.497 e. The number of hydrogen-bond acceptors (Lipinski definition) is 4. The van der Waals surface area contributed by atoms with Crippen molar-refractivity contribution in [1.82, 2.24) is 5.32 Å². The third-order valence-electron chi connectivity index (χ3n) is 5.04. The van der Waals surface area contributed by atoms with Crippen molar-refractivity contribution in [3.8, 4) is 5.75 Å². The van der Waals surface area contributed by atoms with E-state index in [9.17, 15) is 30.8 Å². The summed E-state index contributed by atoms with van der Waals surface area (Å²) >= 11 is 0. The predicted octanol–water partition coefficient (Wildman–Crippen LogP) is 3.84. The number of ether oxygens (including phenoxy) is 1. The van der Waals surface area contributed by atoms with E-state index in [2.05, 4.69) is 5.32 Å². The second-order valence-electron chi connectivity index (χ2n) is 7.12. The molecule has 1 N–H and O–H groups in total. The summed E-state index contributed by atoms with van der Waals surface area (Å²) in [5, 5.41) is 1.81. The van der Waals surface area contributed by atoms with E-state index in [4.69, 9.17) is 4.74 Å². The minimum Gasteiger partial charge on any atom is -0.497 e. The summed E-state index contributed by atoms with van der Waals surface area (Å²) in [5.74, 6) is -1.11. The molecule has 162 valence electrons. The van der Waals surface area contributed by atoms with Gasteiger partial charge in [0, 0.05) is 18.2 Å². The van der Waals surface area contributed by atoms with Crippen molar-refractivity contribution >= 4 is 15.7 Å². The van der Waals surface area contributed by atoms with Gasteiger partial charge in [-0.25, -0.2) is 12.8 Å². The van der Waals surface area contributed by atoms with E-state index < -0.39 is 38.6 Å². The van der Waals surface area contributed by atoms with E-state index in [1.54, 1.807) is 0 Å². The molecule has 0 bridgehead atoms. The second kappa shape index (κ2) is 8.25. The number of amides is 1.